The number of aromatic nitrogens is 1. The van der Waals surface area contributed by atoms with Crippen molar-refractivity contribution < 1.29 is 31.8 Å². The molecular formula is C28H28FN3O6S. The van der Waals surface area contributed by atoms with Gasteiger partial charge in [0.25, 0.3) is 10.0 Å². The van der Waals surface area contributed by atoms with Crippen molar-refractivity contribution >= 4 is 32.4 Å². The Morgan fingerprint density at radius 2 is 1.67 bits per heavy atom. The summed E-state index contributed by atoms with van der Waals surface area (Å²) in [6, 6.07) is 18.0. The number of anilines is 1. The fourth-order valence-electron chi connectivity index (χ4n) is 3.80. The van der Waals surface area contributed by atoms with E-state index < -0.39 is 15.8 Å². The molecule has 204 valence electrons. The van der Waals surface area contributed by atoms with Crippen molar-refractivity contribution in [1.29, 1.82) is 0 Å². The number of hydrogen-bond donors (Lipinski definition) is 1. The first-order valence-corrected chi connectivity index (χ1v) is 13.5. The zero-order valence-corrected chi connectivity index (χ0v) is 22.5. The number of ether oxygens (including phenoxy) is 4. The first kappa shape index (κ1) is 27.8. The molecular weight excluding hydrogens is 525 g/mol. The second-order valence-electron chi connectivity index (χ2n) is 8.40. The number of rotatable bonds is 11. The van der Waals surface area contributed by atoms with E-state index in [1.54, 1.807) is 60.8 Å². The van der Waals surface area contributed by atoms with Gasteiger partial charge in [-0.2, -0.15) is 0 Å². The molecule has 1 N–H and O–H groups in total. The zero-order chi connectivity index (χ0) is 27.8. The highest BCUT2D eigenvalue weighted by Gasteiger charge is 2.16. The third kappa shape index (κ3) is 7.21. The van der Waals surface area contributed by atoms with E-state index in [4.69, 9.17) is 18.9 Å². The maximum atomic E-state index is 15.1. The van der Waals surface area contributed by atoms with E-state index in [1.165, 1.54) is 33.5 Å². The lowest BCUT2D eigenvalue weighted by molar-refractivity contribution is 0.207. The second-order valence-corrected chi connectivity index (χ2v) is 10.0. The Hall–Kier alpha value is -4.22. The predicted molar refractivity (Wildman–Crippen MR) is 148 cm³/mol. The molecule has 1 aromatic heterocycles. The van der Waals surface area contributed by atoms with E-state index in [2.05, 4.69) is 14.7 Å². The molecule has 4 rings (SSSR count). The summed E-state index contributed by atoms with van der Waals surface area (Å²) < 4.78 is 66.1. The lowest BCUT2D eigenvalue weighted by Crippen LogP contribution is -2.17. The Labute approximate surface area is 226 Å². The van der Waals surface area contributed by atoms with Gasteiger partial charge in [-0.25, -0.2) is 12.8 Å². The van der Waals surface area contributed by atoms with Gasteiger partial charge in [0.2, 0.25) is 0 Å². The lowest BCUT2D eigenvalue weighted by Gasteiger charge is -2.14. The van der Waals surface area contributed by atoms with Crippen LogP contribution >= 0.6 is 0 Å². The van der Waals surface area contributed by atoms with E-state index in [1.807, 2.05) is 0 Å². The van der Waals surface area contributed by atoms with E-state index in [0.29, 0.717) is 39.4 Å². The standard InChI is InChI=1S/C28H28FN3O6S/c1-35-14-12-28(32-39(33,34)18-19-7-5-4-6-8-19)31-20-9-10-25(22(29)15-20)38-24-11-13-30-23-17-27(37-3)26(36-2)16-21(23)24/h4-11,13,15-17H,12,14,18H2,1-3H3,(H,31,32). The summed E-state index contributed by atoms with van der Waals surface area (Å²) in [7, 11) is 0.692. The van der Waals surface area contributed by atoms with Gasteiger partial charge in [-0.3, -0.25) is 4.98 Å². The van der Waals surface area contributed by atoms with Crippen molar-refractivity contribution in [2.24, 2.45) is 4.40 Å². The second kappa shape index (κ2) is 12.5. The third-order valence-corrected chi connectivity index (χ3v) is 6.83. The highest BCUT2D eigenvalue weighted by Crippen LogP contribution is 2.37. The van der Waals surface area contributed by atoms with Crippen molar-refractivity contribution in [3.05, 3.63) is 84.3 Å². The summed E-state index contributed by atoms with van der Waals surface area (Å²) in [4.78, 5) is 4.32. The number of nitrogens with one attached hydrogen (secondary N) is 1. The Balaban J connectivity index is 1.57. The molecule has 39 heavy (non-hydrogen) atoms. The molecule has 0 bridgehead atoms. The molecule has 0 spiro atoms. The SMILES string of the molecule is COCCC(=NS(=O)(=O)Cc1ccccc1)Nc1ccc(Oc2ccnc3cc(OC)c(OC)cc23)c(F)c1. The summed E-state index contributed by atoms with van der Waals surface area (Å²) in [5.74, 6) is 0.528. The number of amidine groups is 1. The molecule has 9 nitrogen and oxygen atoms in total. The van der Waals surface area contributed by atoms with E-state index in [-0.39, 0.29) is 30.4 Å². The van der Waals surface area contributed by atoms with Crippen LogP contribution < -0.4 is 19.5 Å². The van der Waals surface area contributed by atoms with Crippen LogP contribution in [0.15, 0.2) is 77.3 Å². The van der Waals surface area contributed by atoms with Crippen LogP contribution in [0.2, 0.25) is 0 Å². The molecule has 3 aromatic carbocycles. The molecule has 0 fully saturated rings. The van der Waals surface area contributed by atoms with Gasteiger partial charge in [-0.15, -0.1) is 4.40 Å². The molecule has 11 heteroatoms. The minimum atomic E-state index is -3.85. The van der Waals surface area contributed by atoms with Crippen LogP contribution in [0.25, 0.3) is 10.9 Å². The van der Waals surface area contributed by atoms with E-state index in [9.17, 15) is 8.42 Å². The van der Waals surface area contributed by atoms with Gasteiger partial charge < -0.3 is 24.3 Å². The van der Waals surface area contributed by atoms with Gasteiger partial charge in [-0.1, -0.05) is 30.3 Å². The summed E-state index contributed by atoms with van der Waals surface area (Å²) in [5, 5.41) is 3.51. The zero-order valence-electron chi connectivity index (χ0n) is 21.7. The van der Waals surface area contributed by atoms with Crippen molar-refractivity contribution in [3.8, 4) is 23.0 Å². The number of nitrogens with zero attached hydrogens (tertiary/aromatic N) is 2. The van der Waals surface area contributed by atoms with Crippen LogP contribution in [0, 0.1) is 5.82 Å². The molecule has 4 aromatic rings. The Kier molecular flexibility index (Phi) is 8.95. The van der Waals surface area contributed by atoms with Crippen LogP contribution in [0.3, 0.4) is 0 Å². The number of benzene rings is 3. The van der Waals surface area contributed by atoms with Crippen LogP contribution in [-0.4, -0.2) is 47.2 Å². The summed E-state index contributed by atoms with van der Waals surface area (Å²) in [6.45, 7) is 0.222. The molecule has 0 radical (unpaired) electrons. The quantitative estimate of drug-likeness (QED) is 0.190. The Morgan fingerprint density at radius 1 is 0.923 bits per heavy atom. The fraction of sp³-hybridized carbons (Fsp3) is 0.214. The average Bonchev–Trinajstić information content (AvgIpc) is 2.92. The molecule has 1 heterocycles. The van der Waals surface area contributed by atoms with Gasteiger partial charge in [0.15, 0.2) is 23.1 Å². The molecule has 0 saturated heterocycles. The van der Waals surface area contributed by atoms with E-state index >= 15 is 4.39 Å². The number of sulfonamides is 1. The normalized spacial score (nSPS) is 11.8. The summed E-state index contributed by atoms with van der Waals surface area (Å²) in [6.07, 6.45) is 1.73. The van der Waals surface area contributed by atoms with E-state index in [0.717, 1.165) is 0 Å². The molecule has 0 atom stereocenters. The summed E-state index contributed by atoms with van der Waals surface area (Å²) >= 11 is 0. The monoisotopic (exact) mass is 553 g/mol. The third-order valence-electron chi connectivity index (χ3n) is 5.63. The first-order valence-electron chi connectivity index (χ1n) is 11.9. The number of pyridine rings is 1. The highest BCUT2D eigenvalue weighted by atomic mass is 32.2. The highest BCUT2D eigenvalue weighted by molar-refractivity contribution is 7.89. The Bertz CT molecular complexity index is 1580. The van der Waals surface area contributed by atoms with Crippen molar-refractivity contribution in [3.63, 3.8) is 0 Å². The Morgan fingerprint density at radius 3 is 2.36 bits per heavy atom. The molecule has 0 saturated carbocycles. The maximum absolute atomic E-state index is 15.1. The van der Waals surface area contributed by atoms with Crippen molar-refractivity contribution in [2.45, 2.75) is 12.2 Å². The first-order chi connectivity index (χ1) is 18.8. The summed E-state index contributed by atoms with van der Waals surface area (Å²) in [5.41, 5.74) is 1.50. The van der Waals surface area contributed by atoms with Crippen LogP contribution in [0.5, 0.6) is 23.0 Å². The van der Waals surface area contributed by atoms with Gasteiger partial charge >= 0.3 is 0 Å². The molecule has 0 amide bonds. The minimum absolute atomic E-state index is 0.0325. The largest absolute Gasteiger partial charge is 0.493 e. The molecule has 0 unspecified atom stereocenters. The lowest BCUT2D eigenvalue weighted by atomic mass is 10.2. The minimum Gasteiger partial charge on any atom is -0.493 e. The molecule has 0 aliphatic carbocycles. The fourth-order valence-corrected chi connectivity index (χ4v) is 4.95. The predicted octanol–water partition coefficient (Wildman–Crippen LogP) is 5.56. The van der Waals surface area contributed by atoms with Crippen molar-refractivity contribution in [2.75, 3.05) is 33.3 Å². The van der Waals surface area contributed by atoms with Crippen LogP contribution in [-0.2, 0) is 20.5 Å². The smallest absolute Gasteiger partial charge is 0.258 e. The number of hydrogen-bond acceptors (Lipinski definition) is 7. The van der Waals surface area contributed by atoms with Gasteiger partial charge in [0, 0.05) is 42.9 Å². The maximum Gasteiger partial charge on any atom is 0.258 e. The number of methoxy groups -OCH3 is 3. The number of halogens is 1. The van der Waals surface area contributed by atoms with Gasteiger partial charge in [-0.05, 0) is 29.8 Å². The van der Waals surface area contributed by atoms with Crippen LogP contribution in [0.4, 0.5) is 10.1 Å². The molecule has 0 aliphatic heterocycles. The topological polar surface area (TPSA) is 108 Å². The van der Waals surface area contributed by atoms with Gasteiger partial charge in [0.05, 0.1) is 32.1 Å². The van der Waals surface area contributed by atoms with Crippen molar-refractivity contribution in [1.82, 2.24) is 4.98 Å². The van der Waals surface area contributed by atoms with Crippen LogP contribution in [0.1, 0.15) is 12.0 Å². The molecule has 0 aliphatic rings. The van der Waals surface area contributed by atoms with Gasteiger partial charge in [0.1, 0.15) is 11.6 Å². The number of fused-ring (bicyclic) bond motifs is 1. The average molecular weight is 554 g/mol.